The lowest BCUT2D eigenvalue weighted by atomic mass is 9.95. The Morgan fingerprint density at radius 3 is 1.92 bits per heavy atom. The fourth-order valence-corrected chi connectivity index (χ4v) is 4.28. The Hall–Kier alpha value is -2.90. The summed E-state index contributed by atoms with van der Waals surface area (Å²) in [5.41, 5.74) is 7.09. The van der Waals surface area contributed by atoms with Crippen molar-refractivity contribution >= 4 is 12.1 Å². The molecule has 0 aromatic heterocycles. The fraction of sp³-hybridized carbons (Fsp3) is 0.533. The third-order valence-corrected chi connectivity index (χ3v) is 6.23. The summed E-state index contributed by atoms with van der Waals surface area (Å²) in [6.07, 6.45) is 5.11. The van der Waals surface area contributed by atoms with Gasteiger partial charge in [-0.25, -0.2) is 9.59 Å². The Morgan fingerprint density at radius 2 is 1.46 bits per heavy atom. The molecular formula is C30H44N2O5. The molecule has 1 amide bonds. The van der Waals surface area contributed by atoms with Crippen molar-refractivity contribution in [2.24, 2.45) is 5.73 Å². The van der Waals surface area contributed by atoms with E-state index in [1.54, 1.807) is 20.8 Å². The van der Waals surface area contributed by atoms with Crippen molar-refractivity contribution in [2.45, 2.75) is 103 Å². The average Bonchev–Trinajstić information content (AvgIpc) is 2.82. The van der Waals surface area contributed by atoms with Crippen LogP contribution in [0.15, 0.2) is 54.6 Å². The van der Waals surface area contributed by atoms with Gasteiger partial charge in [0.05, 0.1) is 11.7 Å². The smallest absolute Gasteiger partial charge is 0.408 e. The van der Waals surface area contributed by atoms with Crippen LogP contribution in [0.5, 0.6) is 0 Å². The molecule has 0 spiro atoms. The van der Waals surface area contributed by atoms with Crippen LogP contribution in [0.25, 0.3) is 11.1 Å². The molecule has 1 aliphatic carbocycles. The number of ether oxygens (including phenoxy) is 2. The highest BCUT2D eigenvalue weighted by Gasteiger charge is 2.33. The quantitative estimate of drug-likeness (QED) is 0.404. The van der Waals surface area contributed by atoms with Gasteiger partial charge in [-0.05, 0) is 71.1 Å². The number of hydrogen-bond acceptors (Lipinski definition) is 5. The first-order valence-electron chi connectivity index (χ1n) is 13.1. The molecule has 7 nitrogen and oxygen atoms in total. The Kier molecular flexibility index (Phi) is 11.1. The molecule has 7 heteroatoms. The van der Waals surface area contributed by atoms with Crippen molar-refractivity contribution in [1.29, 1.82) is 0 Å². The van der Waals surface area contributed by atoms with Crippen molar-refractivity contribution in [2.75, 3.05) is 0 Å². The van der Waals surface area contributed by atoms with E-state index in [1.165, 1.54) is 32.1 Å². The van der Waals surface area contributed by atoms with Gasteiger partial charge < -0.3 is 25.6 Å². The number of rotatable bonds is 7. The van der Waals surface area contributed by atoms with Crippen LogP contribution in [0.4, 0.5) is 4.79 Å². The molecule has 0 radical (unpaired) electrons. The largest absolute Gasteiger partial charge is 0.480 e. The predicted molar refractivity (Wildman–Crippen MR) is 147 cm³/mol. The van der Waals surface area contributed by atoms with E-state index in [9.17, 15) is 14.7 Å². The number of amides is 1. The van der Waals surface area contributed by atoms with E-state index in [4.69, 9.17) is 15.2 Å². The lowest BCUT2D eigenvalue weighted by Gasteiger charge is -2.31. The zero-order chi connectivity index (χ0) is 27.6. The number of alkyl carbamates (subject to hydrolysis) is 1. The molecule has 1 fully saturated rings. The van der Waals surface area contributed by atoms with Gasteiger partial charge in [0.2, 0.25) is 0 Å². The molecule has 3 rings (SSSR count). The van der Waals surface area contributed by atoms with Crippen LogP contribution in [0.2, 0.25) is 0 Å². The van der Waals surface area contributed by atoms with Gasteiger partial charge in [0.15, 0.2) is 6.04 Å². The van der Waals surface area contributed by atoms with E-state index >= 15 is 0 Å². The second kappa shape index (κ2) is 13.6. The Morgan fingerprint density at radius 1 is 0.919 bits per heavy atom. The minimum absolute atomic E-state index is 0.536. The van der Waals surface area contributed by atoms with Crippen molar-refractivity contribution < 1.29 is 24.2 Å². The second-order valence-electron chi connectivity index (χ2n) is 11.1. The number of aliphatic carboxylic acids is 1. The molecule has 37 heavy (non-hydrogen) atoms. The summed E-state index contributed by atoms with van der Waals surface area (Å²) in [5, 5.41) is 11.9. The van der Waals surface area contributed by atoms with Gasteiger partial charge in [0.1, 0.15) is 5.60 Å². The van der Waals surface area contributed by atoms with Crippen molar-refractivity contribution in [3.05, 3.63) is 60.2 Å². The molecular weight excluding hydrogens is 468 g/mol. The molecule has 2 aromatic carbocycles. The van der Waals surface area contributed by atoms with Crippen LogP contribution in [0, 0.1) is 0 Å². The van der Waals surface area contributed by atoms with Gasteiger partial charge in [-0.1, -0.05) is 73.9 Å². The third kappa shape index (κ3) is 10.5. The number of carboxylic acids is 1. The number of benzene rings is 2. The Labute approximate surface area is 221 Å². The Bertz CT molecular complexity index is 977. The number of nitrogens with two attached hydrogens (primary N) is 1. The summed E-state index contributed by atoms with van der Waals surface area (Å²) in [6, 6.07) is 17.0. The number of carbonyl (C=O) groups excluding carboxylic acids is 1. The summed E-state index contributed by atoms with van der Waals surface area (Å²) < 4.78 is 11.2. The second-order valence-corrected chi connectivity index (χ2v) is 11.1. The van der Waals surface area contributed by atoms with E-state index < -0.39 is 35.4 Å². The van der Waals surface area contributed by atoms with Crippen molar-refractivity contribution in [1.82, 2.24) is 5.32 Å². The van der Waals surface area contributed by atoms with Crippen LogP contribution in [0.1, 0.15) is 79.2 Å². The highest BCUT2D eigenvalue weighted by Crippen LogP contribution is 2.28. The molecule has 1 unspecified atom stereocenters. The van der Waals surface area contributed by atoms with Gasteiger partial charge in [0.25, 0.3) is 0 Å². The van der Waals surface area contributed by atoms with Crippen LogP contribution >= 0.6 is 0 Å². The average molecular weight is 513 g/mol. The van der Waals surface area contributed by atoms with Gasteiger partial charge in [-0.2, -0.15) is 0 Å². The third-order valence-electron chi connectivity index (χ3n) is 6.23. The molecule has 1 saturated carbocycles. The fourth-order valence-electron chi connectivity index (χ4n) is 4.28. The minimum atomic E-state index is -1.23. The first kappa shape index (κ1) is 30.3. The monoisotopic (exact) mass is 512 g/mol. The van der Waals surface area contributed by atoms with Crippen LogP contribution in [0.3, 0.4) is 0 Å². The summed E-state index contributed by atoms with van der Waals surface area (Å²) in [7, 11) is 0. The molecule has 0 saturated heterocycles. The molecule has 0 bridgehead atoms. The maximum atomic E-state index is 12.5. The maximum Gasteiger partial charge on any atom is 0.408 e. The van der Waals surface area contributed by atoms with E-state index in [2.05, 4.69) is 5.32 Å². The Balaban J connectivity index is 0.000000591. The van der Waals surface area contributed by atoms with Gasteiger partial charge in [0, 0.05) is 6.04 Å². The molecule has 0 heterocycles. The first-order chi connectivity index (χ1) is 17.3. The van der Waals surface area contributed by atoms with E-state index in [-0.39, 0.29) is 0 Å². The number of carboxylic acid groups (broad SMARTS) is 1. The summed E-state index contributed by atoms with van der Waals surface area (Å²) in [5.74, 6) is -1.19. The number of hydrogen-bond donors (Lipinski definition) is 3. The lowest BCUT2D eigenvalue weighted by Crippen LogP contribution is -2.51. The number of nitrogens with one attached hydrogen (secondary N) is 1. The van der Waals surface area contributed by atoms with Crippen molar-refractivity contribution in [3.8, 4) is 11.1 Å². The molecule has 0 aliphatic heterocycles. The highest BCUT2D eigenvalue weighted by atomic mass is 16.6. The molecule has 2 atom stereocenters. The van der Waals surface area contributed by atoms with E-state index in [0.717, 1.165) is 16.7 Å². The first-order valence-corrected chi connectivity index (χ1v) is 13.1. The highest BCUT2D eigenvalue weighted by molar-refractivity contribution is 5.80. The molecule has 204 valence electrons. The summed E-state index contributed by atoms with van der Waals surface area (Å²) in [6.45, 7) is 10.6. The summed E-state index contributed by atoms with van der Waals surface area (Å²) in [4.78, 5) is 24.1. The van der Waals surface area contributed by atoms with Crippen LogP contribution in [-0.4, -0.2) is 41.0 Å². The molecule has 2 aromatic rings. The SMILES string of the molecule is CC(OC(C)(C)C)[C@@H](NC(=O)OC(C)(C)c1ccc(-c2ccccc2)cc1)C(=O)O.NC1CCCCC1. The van der Waals surface area contributed by atoms with Gasteiger partial charge in [-0.3, -0.25) is 0 Å². The van der Waals surface area contributed by atoms with Crippen molar-refractivity contribution in [3.63, 3.8) is 0 Å². The molecule has 1 aliphatic rings. The number of carbonyl (C=O) groups is 2. The van der Waals surface area contributed by atoms with E-state index in [0.29, 0.717) is 6.04 Å². The van der Waals surface area contributed by atoms with Crippen LogP contribution in [-0.2, 0) is 19.9 Å². The normalized spacial score (nSPS) is 16.1. The van der Waals surface area contributed by atoms with Gasteiger partial charge >= 0.3 is 12.1 Å². The predicted octanol–water partition coefficient (Wildman–Crippen LogP) is 6.25. The molecule has 4 N–H and O–H groups in total. The van der Waals surface area contributed by atoms with Crippen LogP contribution < -0.4 is 11.1 Å². The topological polar surface area (TPSA) is 111 Å². The maximum absolute atomic E-state index is 12.5. The summed E-state index contributed by atoms with van der Waals surface area (Å²) >= 11 is 0. The van der Waals surface area contributed by atoms with Gasteiger partial charge in [-0.15, -0.1) is 0 Å². The zero-order valence-corrected chi connectivity index (χ0v) is 23.1. The zero-order valence-electron chi connectivity index (χ0n) is 23.1. The minimum Gasteiger partial charge on any atom is -0.480 e. The lowest BCUT2D eigenvalue weighted by molar-refractivity contribution is -0.147. The van der Waals surface area contributed by atoms with E-state index in [1.807, 2.05) is 75.4 Å². The standard InChI is InChI=1S/C24H31NO5.C6H13N/c1-16(29-23(2,3)4)20(21(26)27)25-22(28)30-24(5,6)19-14-12-18(13-15-19)17-10-8-7-9-11-17;7-6-4-2-1-3-5-6/h7-16,20H,1-6H3,(H,25,28)(H,26,27);6H,1-5,7H2/t16?,20-;/m1./s1.